The summed E-state index contributed by atoms with van der Waals surface area (Å²) in [5.41, 5.74) is -4.88. The summed E-state index contributed by atoms with van der Waals surface area (Å²) in [4.78, 5) is 0. The predicted molar refractivity (Wildman–Crippen MR) is 86.2 cm³/mol. The van der Waals surface area contributed by atoms with E-state index in [9.17, 15) is 21.6 Å². The number of halogens is 3. The Bertz CT molecular complexity index is 820. The Balaban J connectivity index is 2.71. The number of hydrogen-bond acceptors (Lipinski definition) is 3. The Labute approximate surface area is 139 Å². The van der Waals surface area contributed by atoms with Crippen LogP contribution < -0.4 is 4.18 Å². The van der Waals surface area contributed by atoms with Crippen molar-refractivity contribution in [3.63, 3.8) is 0 Å². The molecule has 0 bridgehead atoms. The van der Waals surface area contributed by atoms with Crippen LogP contribution in [0.3, 0.4) is 0 Å². The summed E-state index contributed by atoms with van der Waals surface area (Å²) >= 11 is 0. The molecule has 0 saturated carbocycles. The molecule has 2 aromatic rings. The Morgan fingerprint density at radius 3 is 1.96 bits per heavy atom. The van der Waals surface area contributed by atoms with Gasteiger partial charge in [-0.3, -0.25) is 0 Å². The lowest BCUT2D eigenvalue weighted by Gasteiger charge is -2.24. The second-order valence-electron chi connectivity index (χ2n) is 6.28. The van der Waals surface area contributed by atoms with Crippen molar-refractivity contribution in [2.45, 2.75) is 31.7 Å². The van der Waals surface area contributed by atoms with Gasteiger partial charge < -0.3 is 4.18 Å². The Morgan fingerprint density at radius 1 is 0.875 bits per heavy atom. The molecule has 0 radical (unpaired) electrons. The minimum absolute atomic E-state index is 0.288. The van der Waals surface area contributed by atoms with Crippen LogP contribution in [0.4, 0.5) is 13.2 Å². The molecular formula is C17H17F3O3S. The van der Waals surface area contributed by atoms with Gasteiger partial charge in [0, 0.05) is 11.1 Å². The van der Waals surface area contributed by atoms with Gasteiger partial charge in [0.15, 0.2) is 5.75 Å². The first-order chi connectivity index (χ1) is 10.9. The number of hydrogen-bond donors (Lipinski definition) is 0. The predicted octanol–water partition coefficient (Wildman–Crippen LogP) is 4.88. The number of alkyl halides is 3. The van der Waals surface area contributed by atoms with E-state index in [4.69, 9.17) is 0 Å². The van der Waals surface area contributed by atoms with Gasteiger partial charge in [0.2, 0.25) is 0 Å². The first-order valence-corrected chi connectivity index (χ1v) is 8.54. The summed E-state index contributed by atoms with van der Waals surface area (Å²) in [6, 6.07) is 13.3. The van der Waals surface area contributed by atoms with Crippen LogP contribution in [0.15, 0.2) is 48.5 Å². The van der Waals surface area contributed by atoms with E-state index in [1.807, 2.05) is 0 Å². The van der Waals surface area contributed by atoms with Crippen LogP contribution in [-0.4, -0.2) is 13.9 Å². The Morgan fingerprint density at radius 2 is 1.46 bits per heavy atom. The summed E-state index contributed by atoms with van der Waals surface area (Å²) in [6.45, 7) is 5.30. The Hall–Kier alpha value is -2.02. The van der Waals surface area contributed by atoms with Crippen molar-refractivity contribution >= 4 is 10.1 Å². The molecule has 130 valence electrons. The lowest BCUT2D eigenvalue weighted by Crippen LogP contribution is -2.29. The third-order valence-corrected chi connectivity index (χ3v) is 4.34. The highest BCUT2D eigenvalue weighted by Crippen LogP contribution is 2.41. The van der Waals surface area contributed by atoms with Crippen LogP contribution in [0.5, 0.6) is 5.75 Å². The quantitative estimate of drug-likeness (QED) is 0.580. The molecule has 2 rings (SSSR count). The zero-order valence-corrected chi connectivity index (χ0v) is 14.2. The summed E-state index contributed by atoms with van der Waals surface area (Å²) < 4.78 is 65.9. The van der Waals surface area contributed by atoms with Crippen LogP contribution in [0.25, 0.3) is 11.1 Å². The van der Waals surface area contributed by atoms with E-state index in [2.05, 4.69) is 4.18 Å². The minimum atomic E-state index is -5.76. The molecule has 0 unspecified atom stereocenters. The van der Waals surface area contributed by atoms with Gasteiger partial charge in [-0.1, -0.05) is 69.3 Å². The maximum absolute atomic E-state index is 12.8. The second-order valence-corrected chi connectivity index (χ2v) is 7.82. The molecule has 0 atom stereocenters. The minimum Gasteiger partial charge on any atom is -0.375 e. The fourth-order valence-corrected chi connectivity index (χ4v) is 2.71. The lowest BCUT2D eigenvalue weighted by molar-refractivity contribution is -0.0500. The van der Waals surface area contributed by atoms with Gasteiger partial charge >= 0.3 is 15.6 Å². The molecule has 7 heteroatoms. The van der Waals surface area contributed by atoms with E-state index in [0.717, 1.165) is 0 Å². The van der Waals surface area contributed by atoms with Gasteiger partial charge in [0.1, 0.15) is 0 Å². The fraction of sp³-hybridized carbons (Fsp3) is 0.294. The molecule has 0 N–H and O–H groups in total. The molecule has 0 aliphatic heterocycles. The largest absolute Gasteiger partial charge is 0.534 e. The average Bonchev–Trinajstić information content (AvgIpc) is 2.45. The highest BCUT2D eigenvalue weighted by molar-refractivity contribution is 7.88. The molecule has 0 saturated heterocycles. The molecular weight excluding hydrogens is 341 g/mol. The van der Waals surface area contributed by atoms with Crippen molar-refractivity contribution in [1.82, 2.24) is 0 Å². The second kappa shape index (κ2) is 6.12. The van der Waals surface area contributed by atoms with Gasteiger partial charge in [0.05, 0.1) is 0 Å². The summed E-state index contributed by atoms with van der Waals surface area (Å²) in [5.74, 6) is -0.298. The van der Waals surface area contributed by atoms with Gasteiger partial charge in [-0.05, 0) is 11.0 Å². The van der Waals surface area contributed by atoms with Crippen LogP contribution in [0.2, 0.25) is 0 Å². The monoisotopic (exact) mass is 358 g/mol. The van der Waals surface area contributed by atoms with E-state index in [1.165, 1.54) is 6.07 Å². The van der Waals surface area contributed by atoms with E-state index in [0.29, 0.717) is 11.1 Å². The van der Waals surface area contributed by atoms with Crippen molar-refractivity contribution in [3.05, 3.63) is 54.1 Å². The zero-order valence-electron chi connectivity index (χ0n) is 13.4. The first-order valence-electron chi connectivity index (χ1n) is 7.13. The van der Waals surface area contributed by atoms with Crippen molar-refractivity contribution in [2.75, 3.05) is 0 Å². The van der Waals surface area contributed by atoms with E-state index in [-0.39, 0.29) is 11.3 Å². The summed E-state index contributed by atoms with van der Waals surface area (Å²) in [6.07, 6.45) is 0. The highest BCUT2D eigenvalue weighted by Gasteiger charge is 2.49. The molecule has 24 heavy (non-hydrogen) atoms. The molecule has 2 aromatic carbocycles. The molecule has 0 aliphatic rings. The molecule has 0 spiro atoms. The van der Waals surface area contributed by atoms with Gasteiger partial charge in [-0.25, -0.2) is 0 Å². The van der Waals surface area contributed by atoms with Crippen molar-refractivity contribution < 1.29 is 25.8 Å². The Kier molecular flexibility index (Phi) is 4.68. The third-order valence-electron chi connectivity index (χ3n) is 3.38. The number of benzene rings is 2. The standard InChI is InChI=1S/C17H17F3O3S/c1-16(2,3)14-11-7-10-13(12-8-5-4-6-9-12)15(14)23-24(21,22)17(18,19)20/h4-11H,1-3H3. The first kappa shape index (κ1) is 18.3. The molecule has 3 nitrogen and oxygen atoms in total. The zero-order chi connectivity index (χ0) is 18.2. The maximum atomic E-state index is 12.8. The topological polar surface area (TPSA) is 43.4 Å². The van der Waals surface area contributed by atoms with E-state index in [1.54, 1.807) is 63.2 Å². The number of rotatable bonds is 3. The third kappa shape index (κ3) is 3.72. The number of para-hydroxylation sites is 1. The van der Waals surface area contributed by atoms with E-state index < -0.39 is 21.0 Å². The van der Waals surface area contributed by atoms with Gasteiger partial charge in [0.25, 0.3) is 0 Å². The smallest absolute Gasteiger partial charge is 0.375 e. The van der Waals surface area contributed by atoms with Crippen LogP contribution >= 0.6 is 0 Å². The highest BCUT2D eigenvalue weighted by atomic mass is 32.2. The van der Waals surface area contributed by atoms with Crippen molar-refractivity contribution in [2.24, 2.45) is 0 Å². The molecule has 0 heterocycles. The molecule has 0 fully saturated rings. The van der Waals surface area contributed by atoms with E-state index >= 15 is 0 Å². The average molecular weight is 358 g/mol. The molecule has 0 aromatic heterocycles. The SMILES string of the molecule is CC(C)(C)c1cccc(-c2ccccc2)c1OS(=O)(=O)C(F)(F)F. The maximum Gasteiger partial charge on any atom is 0.534 e. The van der Waals surface area contributed by atoms with Crippen molar-refractivity contribution in [1.29, 1.82) is 0 Å². The summed E-state index contributed by atoms with van der Waals surface area (Å²) in [5, 5.41) is 0. The van der Waals surface area contributed by atoms with Crippen LogP contribution in [-0.2, 0) is 15.5 Å². The lowest BCUT2D eigenvalue weighted by atomic mass is 9.84. The van der Waals surface area contributed by atoms with Gasteiger partial charge in [-0.2, -0.15) is 21.6 Å². The molecule has 0 aliphatic carbocycles. The normalized spacial score (nSPS) is 12.9. The fourth-order valence-electron chi connectivity index (χ4n) is 2.22. The van der Waals surface area contributed by atoms with Crippen LogP contribution in [0.1, 0.15) is 26.3 Å². The van der Waals surface area contributed by atoms with Gasteiger partial charge in [-0.15, -0.1) is 0 Å². The van der Waals surface area contributed by atoms with Crippen molar-refractivity contribution in [3.8, 4) is 16.9 Å². The molecule has 0 amide bonds. The van der Waals surface area contributed by atoms with Crippen LogP contribution in [0, 0.1) is 0 Å². The summed E-state index contributed by atoms with van der Waals surface area (Å²) in [7, 11) is -5.76.